The van der Waals surface area contributed by atoms with Crippen LogP contribution in [0.2, 0.25) is 0 Å². The fourth-order valence-corrected chi connectivity index (χ4v) is 9.24. The van der Waals surface area contributed by atoms with E-state index in [1.54, 1.807) is 0 Å². The quantitative estimate of drug-likeness (QED) is 0.268. The largest absolute Gasteiger partial charge is 0.448 e. The van der Waals surface area contributed by atoms with Crippen molar-refractivity contribution >= 4 is 47.7 Å². The number of ether oxygens (including phenoxy) is 2. The highest BCUT2D eigenvalue weighted by Crippen LogP contribution is 2.13. The Hall–Kier alpha value is -2.34. The van der Waals surface area contributed by atoms with Crippen LogP contribution in [0, 0.1) is 0 Å². The van der Waals surface area contributed by atoms with Gasteiger partial charge in [-0.25, -0.2) is 39.6 Å². The van der Waals surface area contributed by atoms with Crippen LogP contribution in [0.25, 0.3) is 0 Å². The number of carbonyl (C=O) groups is 3. The molecule has 4 amide bonds. The van der Waals surface area contributed by atoms with Crippen molar-refractivity contribution in [1.29, 1.82) is 0 Å². The number of nitrogens with zero attached hydrogens (tertiary/aromatic N) is 1. The van der Waals surface area contributed by atoms with E-state index in [0.717, 1.165) is 0 Å². The van der Waals surface area contributed by atoms with Crippen LogP contribution < -0.4 is 16.0 Å². The first-order valence-corrected chi connectivity index (χ1v) is 17.2. The second kappa shape index (κ2) is 12.0. The molecule has 3 N–H and O–H groups in total. The fourth-order valence-electron chi connectivity index (χ4n) is 4.22. The Balaban J connectivity index is 1.46. The highest BCUT2D eigenvalue weighted by molar-refractivity contribution is 7.92. The predicted octanol–water partition coefficient (Wildman–Crippen LogP) is -1.99. The smallest absolute Gasteiger partial charge is 0.407 e. The van der Waals surface area contributed by atoms with Gasteiger partial charge < -0.3 is 30.3 Å². The fraction of sp³-hybridized carbons (Fsp3) is 0.842. The molecular formula is C19H32N4O11S3. The zero-order valence-electron chi connectivity index (χ0n) is 20.1. The van der Waals surface area contributed by atoms with Gasteiger partial charge in [-0.3, -0.25) is 0 Å². The van der Waals surface area contributed by atoms with Crippen molar-refractivity contribution in [3.8, 4) is 0 Å². The predicted molar refractivity (Wildman–Crippen MR) is 130 cm³/mol. The average Bonchev–Trinajstić information content (AvgIpc) is 3.41. The zero-order chi connectivity index (χ0) is 27.3. The van der Waals surface area contributed by atoms with Crippen LogP contribution in [0.4, 0.5) is 14.4 Å². The molecule has 0 bridgehead atoms. The maximum atomic E-state index is 12.7. The molecule has 3 aliphatic heterocycles. The molecule has 18 heteroatoms. The molecule has 3 unspecified atom stereocenters. The average molecular weight is 589 g/mol. The SMILES string of the molecule is O=C(NC1CCS(=O)(=O)C1)OCCN(CCOC(=O)NC1CCS(=O)(=O)C1)C(=O)NC1CCS(=O)(=O)C1. The summed E-state index contributed by atoms with van der Waals surface area (Å²) in [6.07, 6.45) is -0.864. The van der Waals surface area contributed by atoms with E-state index >= 15 is 0 Å². The molecule has 3 saturated heterocycles. The molecule has 0 aliphatic carbocycles. The number of hydrogen-bond acceptors (Lipinski definition) is 11. The second-order valence-electron chi connectivity index (χ2n) is 9.30. The van der Waals surface area contributed by atoms with Gasteiger partial charge >= 0.3 is 18.2 Å². The molecule has 0 spiro atoms. The molecule has 3 heterocycles. The lowest BCUT2D eigenvalue weighted by atomic mass is 10.3. The first kappa shape index (κ1) is 29.2. The molecule has 0 aromatic heterocycles. The number of rotatable bonds is 9. The standard InChI is InChI=1S/C19H32N4O11S3/c24-17(20-14-1-8-35(27,28)11-14)23(4-6-33-18(25)21-15-2-9-36(29,30)12-15)5-7-34-19(26)22-16-3-10-37(31,32)13-16/h14-16H,1-13H2,(H,20,24)(H,21,25)(H,22,26). The molecule has 3 aliphatic rings. The maximum absolute atomic E-state index is 12.7. The van der Waals surface area contributed by atoms with Gasteiger partial charge in [0.2, 0.25) is 0 Å². The van der Waals surface area contributed by atoms with Crippen molar-refractivity contribution in [3.05, 3.63) is 0 Å². The molecule has 212 valence electrons. The van der Waals surface area contributed by atoms with Gasteiger partial charge in [-0.1, -0.05) is 0 Å². The van der Waals surface area contributed by atoms with Gasteiger partial charge in [-0.05, 0) is 19.3 Å². The third-order valence-electron chi connectivity index (χ3n) is 6.14. The van der Waals surface area contributed by atoms with Crippen LogP contribution in [-0.2, 0) is 39.0 Å². The molecular weight excluding hydrogens is 556 g/mol. The van der Waals surface area contributed by atoms with E-state index in [4.69, 9.17) is 9.47 Å². The lowest BCUT2D eigenvalue weighted by Crippen LogP contribution is -2.48. The van der Waals surface area contributed by atoms with Gasteiger partial charge in [0.15, 0.2) is 29.5 Å². The van der Waals surface area contributed by atoms with Crippen LogP contribution in [-0.4, -0.2) is 127 Å². The van der Waals surface area contributed by atoms with E-state index in [1.807, 2.05) is 0 Å². The van der Waals surface area contributed by atoms with Gasteiger partial charge in [0.05, 0.1) is 47.6 Å². The van der Waals surface area contributed by atoms with Crippen LogP contribution in [0.15, 0.2) is 0 Å². The summed E-state index contributed by atoms with van der Waals surface area (Å²) >= 11 is 0. The number of alkyl carbamates (subject to hydrolysis) is 2. The summed E-state index contributed by atoms with van der Waals surface area (Å²) < 4.78 is 79.5. The molecule has 0 saturated carbocycles. The van der Waals surface area contributed by atoms with Crippen molar-refractivity contribution < 1.29 is 49.1 Å². The Kier molecular flexibility index (Phi) is 9.49. The topological polar surface area (TPSA) is 211 Å². The first-order chi connectivity index (χ1) is 17.2. The molecule has 15 nitrogen and oxygen atoms in total. The highest BCUT2D eigenvalue weighted by Gasteiger charge is 2.32. The maximum Gasteiger partial charge on any atom is 0.407 e. The van der Waals surface area contributed by atoms with Crippen molar-refractivity contribution in [3.63, 3.8) is 0 Å². The van der Waals surface area contributed by atoms with Gasteiger partial charge in [-0.2, -0.15) is 0 Å². The Bertz CT molecular complexity index is 1120. The van der Waals surface area contributed by atoms with Crippen molar-refractivity contribution in [1.82, 2.24) is 20.9 Å². The number of nitrogens with one attached hydrogen (secondary N) is 3. The van der Waals surface area contributed by atoms with E-state index in [-0.39, 0.29) is 80.1 Å². The Morgan fingerprint density at radius 3 is 1.30 bits per heavy atom. The summed E-state index contributed by atoms with van der Waals surface area (Å²) in [6.45, 7) is -0.747. The van der Waals surface area contributed by atoms with Gasteiger partial charge in [0.1, 0.15) is 13.2 Å². The zero-order valence-corrected chi connectivity index (χ0v) is 22.5. The van der Waals surface area contributed by atoms with Crippen molar-refractivity contribution in [2.45, 2.75) is 37.4 Å². The monoisotopic (exact) mass is 588 g/mol. The molecule has 37 heavy (non-hydrogen) atoms. The molecule has 3 rings (SSSR count). The number of amides is 4. The summed E-state index contributed by atoms with van der Waals surface area (Å²) in [5.74, 6) is -0.628. The normalized spacial score (nSPS) is 27.2. The lowest BCUT2D eigenvalue weighted by Gasteiger charge is -2.25. The van der Waals surface area contributed by atoms with Gasteiger partial charge in [0.25, 0.3) is 0 Å². The van der Waals surface area contributed by atoms with Crippen LogP contribution >= 0.6 is 0 Å². The Morgan fingerprint density at radius 2 is 0.973 bits per heavy atom. The van der Waals surface area contributed by atoms with Crippen LogP contribution in [0.3, 0.4) is 0 Å². The lowest BCUT2D eigenvalue weighted by molar-refractivity contribution is 0.109. The number of hydrogen-bond donors (Lipinski definition) is 3. The van der Waals surface area contributed by atoms with E-state index in [9.17, 15) is 39.6 Å². The number of sulfone groups is 3. The van der Waals surface area contributed by atoms with E-state index in [2.05, 4.69) is 16.0 Å². The Morgan fingerprint density at radius 1 is 0.622 bits per heavy atom. The third kappa shape index (κ3) is 9.81. The van der Waals surface area contributed by atoms with E-state index in [0.29, 0.717) is 0 Å². The molecule has 0 aromatic rings. The van der Waals surface area contributed by atoms with Crippen LogP contribution in [0.5, 0.6) is 0 Å². The van der Waals surface area contributed by atoms with Gasteiger partial charge in [-0.15, -0.1) is 0 Å². The summed E-state index contributed by atoms with van der Waals surface area (Å²) in [4.78, 5) is 37.9. The third-order valence-corrected chi connectivity index (χ3v) is 11.4. The first-order valence-electron chi connectivity index (χ1n) is 11.8. The number of urea groups is 1. The van der Waals surface area contributed by atoms with E-state index in [1.165, 1.54) is 4.90 Å². The summed E-state index contributed by atoms with van der Waals surface area (Å²) in [6, 6.07) is -2.33. The molecule has 3 fully saturated rings. The molecule has 0 aromatic carbocycles. The second-order valence-corrected chi connectivity index (χ2v) is 16.0. The summed E-state index contributed by atoms with van der Waals surface area (Å²) in [7, 11) is -9.61. The number of carbonyl (C=O) groups excluding carboxylic acids is 3. The summed E-state index contributed by atoms with van der Waals surface area (Å²) in [5.41, 5.74) is 0. The minimum absolute atomic E-state index is 0.0209. The van der Waals surface area contributed by atoms with Crippen LogP contribution in [0.1, 0.15) is 19.3 Å². The van der Waals surface area contributed by atoms with Crippen molar-refractivity contribution in [2.24, 2.45) is 0 Å². The molecule has 3 atom stereocenters. The van der Waals surface area contributed by atoms with Gasteiger partial charge in [0, 0.05) is 18.1 Å². The Labute approximate surface area is 215 Å². The van der Waals surface area contributed by atoms with Crippen molar-refractivity contribution in [2.75, 3.05) is 60.8 Å². The minimum atomic E-state index is -3.24. The molecule has 0 radical (unpaired) electrons. The minimum Gasteiger partial charge on any atom is -0.448 e. The summed E-state index contributed by atoms with van der Waals surface area (Å²) in [5, 5.41) is 7.52. The highest BCUT2D eigenvalue weighted by atomic mass is 32.2. The van der Waals surface area contributed by atoms with E-state index < -0.39 is 65.9 Å².